The van der Waals surface area contributed by atoms with E-state index >= 15 is 0 Å². The van der Waals surface area contributed by atoms with Gasteiger partial charge >= 0.3 is 0 Å². The Hall–Kier alpha value is -3.41. The standard InChI is InChI=1S/C28H34N4O2/c1-20(2)21(3)29-27(33)24-14-16-31(17-15-24)28(34)25-19-32(18-22-10-6-4-7-11-22)30-26(25)23-12-8-5-9-13-23/h4-13,19-21,24H,14-18H2,1-3H3,(H,29,33). The van der Waals surface area contributed by atoms with Crippen LogP contribution in [-0.2, 0) is 11.3 Å². The zero-order valence-corrected chi connectivity index (χ0v) is 20.3. The van der Waals surface area contributed by atoms with E-state index in [0.29, 0.717) is 49.7 Å². The Morgan fingerprint density at radius 3 is 2.21 bits per heavy atom. The zero-order valence-electron chi connectivity index (χ0n) is 20.3. The van der Waals surface area contributed by atoms with E-state index in [9.17, 15) is 9.59 Å². The quantitative estimate of drug-likeness (QED) is 0.562. The third kappa shape index (κ3) is 5.56. The van der Waals surface area contributed by atoms with Gasteiger partial charge in [0.05, 0.1) is 12.1 Å². The average molecular weight is 459 g/mol. The molecule has 2 heterocycles. The van der Waals surface area contributed by atoms with Crippen molar-refractivity contribution in [3.63, 3.8) is 0 Å². The molecule has 0 bridgehead atoms. The van der Waals surface area contributed by atoms with Crippen LogP contribution in [0.2, 0.25) is 0 Å². The van der Waals surface area contributed by atoms with Crippen LogP contribution >= 0.6 is 0 Å². The van der Waals surface area contributed by atoms with Crippen molar-refractivity contribution in [2.75, 3.05) is 13.1 Å². The molecule has 6 heteroatoms. The molecule has 1 aliphatic rings. The van der Waals surface area contributed by atoms with Gasteiger partial charge in [-0.15, -0.1) is 0 Å². The van der Waals surface area contributed by atoms with Crippen LogP contribution in [0.1, 0.15) is 49.5 Å². The van der Waals surface area contributed by atoms with Crippen LogP contribution in [-0.4, -0.2) is 45.6 Å². The number of likely N-dealkylation sites (tertiary alicyclic amines) is 1. The van der Waals surface area contributed by atoms with E-state index in [1.54, 1.807) is 0 Å². The smallest absolute Gasteiger partial charge is 0.257 e. The van der Waals surface area contributed by atoms with E-state index in [2.05, 4.69) is 31.3 Å². The number of carbonyl (C=O) groups excluding carboxylic acids is 2. The third-order valence-electron chi connectivity index (χ3n) is 6.75. The van der Waals surface area contributed by atoms with Crippen molar-refractivity contribution >= 4 is 11.8 Å². The van der Waals surface area contributed by atoms with E-state index in [0.717, 1.165) is 11.1 Å². The summed E-state index contributed by atoms with van der Waals surface area (Å²) >= 11 is 0. The molecule has 4 rings (SSSR count). The minimum absolute atomic E-state index is 0.0208. The van der Waals surface area contributed by atoms with Gasteiger partial charge in [-0.2, -0.15) is 5.10 Å². The van der Waals surface area contributed by atoms with Crippen molar-refractivity contribution in [3.05, 3.63) is 78.0 Å². The average Bonchev–Trinajstić information content (AvgIpc) is 3.28. The molecule has 2 amide bonds. The summed E-state index contributed by atoms with van der Waals surface area (Å²) in [6.45, 7) is 8.00. The zero-order chi connectivity index (χ0) is 24.1. The van der Waals surface area contributed by atoms with Gasteiger partial charge in [-0.05, 0) is 31.2 Å². The highest BCUT2D eigenvalue weighted by molar-refractivity contribution is 6.00. The molecule has 1 saturated heterocycles. The number of amides is 2. The number of benzene rings is 2. The van der Waals surface area contributed by atoms with Gasteiger partial charge in [-0.1, -0.05) is 74.5 Å². The Labute approximate surface area is 202 Å². The fourth-order valence-electron chi connectivity index (χ4n) is 4.26. The number of aromatic nitrogens is 2. The maximum atomic E-state index is 13.6. The van der Waals surface area contributed by atoms with Crippen LogP contribution in [0.3, 0.4) is 0 Å². The molecule has 0 aliphatic carbocycles. The maximum Gasteiger partial charge on any atom is 0.257 e. The molecule has 1 aliphatic heterocycles. The molecule has 6 nitrogen and oxygen atoms in total. The third-order valence-corrected chi connectivity index (χ3v) is 6.75. The SMILES string of the molecule is CC(C)C(C)NC(=O)C1CCN(C(=O)c2cn(Cc3ccccc3)nc2-c2ccccc2)CC1. The Bertz CT molecular complexity index is 1100. The molecule has 1 atom stereocenters. The van der Waals surface area contributed by atoms with Gasteiger partial charge in [-0.3, -0.25) is 14.3 Å². The highest BCUT2D eigenvalue weighted by atomic mass is 16.2. The summed E-state index contributed by atoms with van der Waals surface area (Å²) in [5.74, 6) is 0.440. The van der Waals surface area contributed by atoms with Crippen molar-refractivity contribution in [1.82, 2.24) is 20.0 Å². The lowest BCUT2D eigenvalue weighted by Crippen LogP contribution is -2.45. The van der Waals surface area contributed by atoms with Crippen LogP contribution < -0.4 is 5.32 Å². The molecule has 1 unspecified atom stereocenters. The highest BCUT2D eigenvalue weighted by Gasteiger charge is 2.30. The van der Waals surface area contributed by atoms with Crippen molar-refractivity contribution in [2.24, 2.45) is 11.8 Å². The molecule has 3 aromatic rings. The van der Waals surface area contributed by atoms with Crippen molar-refractivity contribution in [1.29, 1.82) is 0 Å². The molecule has 1 aromatic heterocycles. The second kappa shape index (κ2) is 10.7. The number of rotatable bonds is 7. The molecule has 0 radical (unpaired) electrons. The summed E-state index contributed by atoms with van der Waals surface area (Å²) < 4.78 is 1.85. The summed E-state index contributed by atoms with van der Waals surface area (Å²) in [6.07, 6.45) is 3.23. The molecular weight excluding hydrogens is 424 g/mol. The van der Waals surface area contributed by atoms with Gasteiger partial charge in [0.2, 0.25) is 5.91 Å². The molecular formula is C28H34N4O2. The highest BCUT2D eigenvalue weighted by Crippen LogP contribution is 2.26. The van der Waals surface area contributed by atoms with E-state index in [-0.39, 0.29) is 23.8 Å². The Balaban J connectivity index is 1.49. The topological polar surface area (TPSA) is 67.2 Å². The number of piperidine rings is 1. The second-order valence-corrected chi connectivity index (χ2v) is 9.55. The fraction of sp³-hybridized carbons (Fsp3) is 0.393. The first-order valence-corrected chi connectivity index (χ1v) is 12.2. The number of hydrogen-bond donors (Lipinski definition) is 1. The predicted octanol–water partition coefficient (Wildman–Crippen LogP) is 4.61. The van der Waals surface area contributed by atoms with E-state index in [4.69, 9.17) is 5.10 Å². The van der Waals surface area contributed by atoms with Gasteiger partial charge < -0.3 is 10.2 Å². The van der Waals surface area contributed by atoms with Gasteiger partial charge in [0.25, 0.3) is 5.91 Å². The van der Waals surface area contributed by atoms with Gasteiger partial charge in [0.15, 0.2) is 0 Å². The Kier molecular flexibility index (Phi) is 7.46. The molecule has 1 fully saturated rings. The summed E-state index contributed by atoms with van der Waals surface area (Å²) in [6, 6.07) is 20.1. The molecule has 0 spiro atoms. The Morgan fingerprint density at radius 1 is 0.971 bits per heavy atom. The number of hydrogen-bond acceptors (Lipinski definition) is 3. The van der Waals surface area contributed by atoms with Crippen molar-refractivity contribution in [2.45, 2.75) is 46.2 Å². The molecule has 0 saturated carbocycles. The number of carbonyl (C=O) groups is 2. The summed E-state index contributed by atoms with van der Waals surface area (Å²) in [4.78, 5) is 28.1. The van der Waals surface area contributed by atoms with Crippen molar-refractivity contribution in [3.8, 4) is 11.3 Å². The second-order valence-electron chi connectivity index (χ2n) is 9.55. The lowest BCUT2D eigenvalue weighted by Gasteiger charge is -2.32. The Morgan fingerprint density at radius 2 is 1.59 bits per heavy atom. The lowest BCUT2D eigenvalue weighted by atomic mass is 9.94. The summed E-state index contributed by atoms with van der Waals surface area (Å²) in [5.41, 5.74) is 3.37. The lowest BCUT2D eigenvalue weighted by molar-refractivity contribution is -0.127. The first-order chi connectivity index (χ1) is 16.4. The first kappa shape index (κ1) is 23.7. The monoisotopic (exact) mass is 458 g/mol. The van der Waals surface area contributed by atoms with E-state index in [1.807, 2.05) is 71.2 Å². The van der Waals surface area contributed by atoms with Gasteiger partial charge in [-0.25, -0.2) is 0 Å². The summed E-state index contributed by atoms with van der Waals surface area (Å²) in [5, 5.41) is 7.92. The van der Waals surface area contributed by atoms with Crippen LogP contribution in [0.15, 0.2) is 66.9 Å². The fourth-order valence-corrected chi connectivity index (χ4v) is 4.26. The van der Waals surface area contributed by atoms with Gasteiger partial charge in [0, 0.05) is 36.8 Å². The summed E-state index contributed by atoms with van der Waals surface area (Å²) in [7, 11) is 0. The van der Waals surface area contributed by atoms with E-state index in [1.165, 1.54) is 0 Å². The molecule has 2 aromatic carbocycles. The van der Waals surface area contributed by atoms with Crippen LogP contribution in [0.25, 0.3) is 11.3 Å². The number of nitrogens with zero attached hydrogens (tertiary/aromatic N) is 3. The van der Waals surface area contributed by atoms with Crippen LogP contribution in [0.5, 0.6) is 0 Å². The van der Waals surface area contributed by atoms with Crippen LogP contribution in [0.4, 0.5) is 0 Å². The minimum Gasteiger partial charge on any atom is -0.353 e. The minimum atomic E-state index is -0.0420. The molecule has 178 valence electrons. The number of nitrogens with one attached hydrogen (secondary N) is 1. The largest absolute Gasteiger partial charge is 0.353 e. The normalized spacial score (nSPS) is 15.4. The maximum absolute atomic E-state index is 13.6. The van der Waals surface area contributed by atoms with Crippen LogP contribution in [0, 0.1) is 11.8 Å². The van der Waals surface area contributed by atoms with E-state index < -0.39 is 0 Å². The predicted molar refractivity (Wildman–Crippen MR) is 134 cm³/mol. The van der Waals surface area contributed by atoms with Gasteiger partial charge in [0.1, 0.15) is 5.69 Å². The van der Waals surface area contributed by atoms with Crippen molar-refractivity contribution < 1.29 is 9.59 Å². The first-order valence-electron chi connectivity index (χ1n) is 12.2. The molecule has 1 N–H and O–H groups in total. The molecule has 34 heavy (non-hydrogen) atoms.